The number of carbonyl (C=O) groups excluding carboxylic acids is 1. The SMILES string of the molecule is CCCc1nc(NCC)cc(NCCC(=O)N(C)C)n1. The van der Waals surface area contributed by atoms with Crippen LogP contribution in [0, 0.1) is 0 Å². The van der Waals surface area contributed by atoms with Gasteiger partial charge in [0.05, 0.1) is 0 Å². The van der Waals surface area contributed by atoms with Gasteiger partial charge in [-0.1, -0.05) is 6.92 Å². The van der Waals surface area contributed by atoms with Crippen molar-refractivity contribution < 1.29 is 4.79 Å². The topological polar surface area (TPSA) is 70.2 Å². The Bertz CT molecular complexity index is 409. The maximum atomic E-state index is 11.5. The highest BCUT2D eigenvalue weighted by atomic mass is 16.2. The molecule has 0 fully saturated rings. The standard InChI is InChI=1S/C14H25N5O/c1-5-7-11-17-12(15-6-2)10-13(18-11)16-9-8-14(20)19(3)4/h10H,5-9H2,1-4H3,(H2,15,16,17,18). The number of aryl methyl sites for hydroxylation is 1. The Labute approximate surface area is 121 Å². The third kappa shape index (κ3) is 5.42. The van der Waals surface area contributed by atoms with Crippen LogP contribution in [-0.4, -0.2) is 48.0 Å². The fourth-order valence-corrected chi connectivity index (χ4v) is 1.72. The van der Waals surface area contributed by atoms with Crippen molar-refractivity contribution in [3.8, 4) is 0 Å². The molecule has 1 aromatic heterocycles. The summed E-state index contributed by atoms with van der Waals surface area (Å²) >= 11 is 0. The number of aromatic nitrogens is 2. The van der Waals surface area contributed by atoms with E-state index in [0.717, 1.165) is 36.8 Å². The molecule has 0 unspecified atom stereocenters. The minimum atomic E-state index is 0.104. The Morgan fingerprint density at radius 1 is 1.20 bits per heavy atom. The minimum Gasteiger partial charge on any atom is -0.370 e. The molecule has 6 heteroatoms. The number of nitrogens with zero attached hydrogens (tertiary/aromatic N) is 3. The fraction of sp³-hybridized carbons (Fsp3) is 0.643. The number of rotatable bonds is 8. The van der Waals surface area contributed by atoms with Gasteiger partial charge in [0, 0.05) is 46.1 Å². The molecule has 0 bridgehead atoms. The number of hydrogen-bond donors (Lipinski definition) is 2. The first kappa shape index (κ1) is 16.2. The predicted molar refractivity (Wildman–Crippen MR) is 82.0 cm³/mol. The molecular formula is C14H25N5O. The Balaban J connectivity index is 2.65. The van der Waals surface area contributed by atoms with Crippen LogP contribution in [0.2, 0.25) is 0 Å². The van der Waals surface area contributed by atoms with Gasteiger partial charge in [-0.25, -0.2) is 9.97 Å². The van der Waals surface area contributed by atoms with Crippen LogP contribution in [0.4, 0.5) is 11.6 Å². The largest absolute Gasteiger partial charge is 0.370 e. The molecule has 1 aromatic rings. The van der Waals surface area contributed by atoms with Crippen LogP contribution in [0.1, 0.15) is 32.5 Å². The lowest BCUT2D eigenvalue weighted by Crippen LogP contribution is -2.24. The van der Waals surface area contributed by atoms with Crippen molar-refractivity contribution in [3.05, 3.63) is 11.9 Å². The Morgan fingerprint density at radius 2 is 1.85 bits per heavy atom. The van der Waals surface area contributed by atoms with Crippen LogP contribution < -0.4 is 10.6 Å². The monoisotopic (exact) mass is 279 g/mol. The van der Waals surface area contributed by atoms with Gasteiger partial charge in [0.25, 0.3) is 0 Å². The molecular weight excluding hydrogens is 254 g/mol. The summed E-state index contributed by atoms with van der Waals surface area (Å²) in [5, 5.41) is 6.39. The van der Waals surface area contributed by atoms with E-state index in [4.69, 9.17) is 0 Å². The zero-order valence-electron chi connectivity index (χ0n) is 12.9. The molecule has 2 N–H and O–H groups in total. The molecule has 0 spiro atoms. The van der Waals surface area contributed by atoms with Crippen molar-refractivity contribution >= 4 is 17.5 Å². The zero-order valence-corrected chi connectivity index (χ0v) is 12.9. The van der Waals surface area contributed by atoms with Crippen LogP contribution in [0.15, 0.2) is 6.07 Å². The van der Waals surface area contributed by atoms with Crippen molar-refractivity contribution in [2.75, 3.05) is 37.8 Å². The predicted octanol–water partition coefficient (Wildman–Crippen LogP) is 1.75. The van der Waals surface area contributed by atoms with E-state index in [2.05, 4.69) is 27.5 Å². The van der Waals surface area contributed by atoms with E-state index in [1.165, 1.54) is 0 Å². The number of anilines is 2. The lowest BCUT2D eigenvalue weighted by molar-refractivity contribution is -0.128. The first-order chi connectivity index (χ1) is 9.56. The summed E-state index contributed by atoms with van der Waals surface area (Å²) in [6.07, 6.45) is 2.31. The van der Waals surface area contributed by atoms with Gasteiger partial charge < -0.3 is 15.5 Å². The van der Waals surface area contributed by atoms with Crippen LogP contribution in [0.5, 0.6) is 0 Å². The summed E-state index contributed by atoms with van der Waals surface area (Å²) in [4.78, 5) is 22.0. The van der Waals surface area contributed by atoms with Gasteiger partial charge >= 0.3 is 0 Å². The molecule has 0 aliphatic heterocycles. The smallest absolute Gasteiger partial charge is 0.223 e. The summed E-state index contributed by atoms with van der Waals surface area (Å²) in [6.45, 7) is 5.53. The van der Waals surface area contributed by atoms with E-state index < -0.39 is 0 Å². The number of amides is 1. The van der Waals surface area contributed by atoms with Crippen LogP contribution in [0.3, 0.4) is 0 Å². The molecule has 1 rings (SSSR count). The van der Waals surface area contributed by atoms with Gasteiger partial charge in [-0.3, -0.25) is 4.79 Å². The third-order valence-corrected chi connectivity index (χ3v) is 2.75. The Morgan fingerprint density at radius 3 is 2.40 bits per heavy atom. The lowest BCUT2D eigenvalue weighted by Gasteiger charge is -2.12. The molecule has 0 aromatic carbocycles. The second kappa shape index (κ2) is 8.35. The molecule has 0 saturated carbocycles. The molecule has 0 aliphatic rings. The summed E-state index contributed by atoms with van der Waals surface area (Å²) in [7, 11) is 3.52. The number of hydrogen-bond acceptors (Lipinski definition) is 5. The average molecular weight is 279 g/mol. The normalized spacial score (nSPS) is 10.2. The van der Waals surface area contributed by atoms with E-state index in [9.17, 15) is 4.79 Å². The van der Waals surface area contributed by atoms with Gasteiger partial charge in [-0.15, -0.1) is 0 Å². The molecule has 0 radical (unpaired) electrons. The molecule has 0 atom stereocenters. The van der Waals surface area contributed by atoms with Gasteiger partial charge in [-0.05, 0) is 13.3 Å². The molecule has 6 nitrogen and oxygen atoms in total. The van der Waals surface area contributed by atoms with Gasteiger partial charge in [0.15, 0.2) is 0 Å². The molecule has 20 heavy (non-hydrogen) atoms. The highest BCUT2D eigenvalue weighted by Crippen LogP contribution is 2.12. The maximum absolute atomic E-state index is 11.5. The fourth-order valence-electron chi connectivity index (χ4n) is 1.72. The van der Waals surface area contributed by atoms with Gasteiger partial charge in [-0.2, -0.15) is 0 Å². The van der Waals surface area contributed by atoms with Crippen LogP contribution in [-0.2, 0) is 11.2 Å². The quantitative estimate of drug-likeness (QED) is 0.758. The lowest BCUT2D eigenvalue weighted by atomic mass is 10.3. The van der Waals surface area contributed by atoms with Crippen LogP contribution >= 0.6 is 0 Å². The third-order valence-electron chi connectivity index (χ3n) is 2.75. The second-order valence-corrected chi connectivity index (χ2v) is 4.80. The maximum Gasteiger partial charge on any atom is 0.223 e. The van der Waals surface area contributed by atoms with Crippen LogP contribution in [0.25, 0.3) is 0 Å². The summed E-state index contributed by atoms with van der Waals surface area (Å²) in [5.41, 5.74) is 0. The summed E-state index contributed by atoms with van der Waals surface area (Å²) in [6, 6.07) is 1.88. The first-order valence-corrected chi connectivity index (χ1v) is 7.12. The summed E-state index contributed by atoms with van der Waals surface area (Å²) < 4.78 is 0. The molecule has 112 valence electrons. The number of nitrogens with one attached hydrogen (secondary N) is 2. The van der Waals surface area contributed by atoms with E-state index in [-0.39, 0.29) is 5.91 Å². The Kier molecular flexibility index (Phi) is 6.76. The van der Waals surface area contributed by atoms with E-state index in [1.807, 2.05) is 13.0 Å². The Hall–Kier alpha value is -1.85. The highest BCUT2D eigenvalue weighted by molar-refractivity contribution is 5.76. The van der Waals surface area contributed by atoms with Crippen molar-refractivity contribution in [3.63, 3.8) is 0 Å². The first-order valence-electron chi connectivity index (χ1n) is 7.12. The van der Waals surface area contributed by atoms with Crippen molar-refractivity contribution in [1.29, 1.82) is 0 Å². The van der Waals surface area contributed by atoms with E-state index >= 15 is 0 Å². The second-order valence-electron chi connectivity index (χ2n) is 4.80. The van der Waals surface area contributed by atoms with E-state index in [1.54, 1.807) is 19.0 Å². The minimum absolute atomic E-state index is 0.104. The van der Waals surface area contributed by atoms with Gasteiger partial charge in [0.2, 0.25) is 5.91 Å². The van der Waals surface area contributed by atoms with E-state index in [0.29, 0.717) is 13.0 Å². The van der Waals surface area contributed by atoms with Crippen molar-refractivity contribution in [1.82, 2.24) is 14.9 Å². The number of carbonyl (C=O) groups is 1. The zero-order chi connectivity index (χ0) is 15.0. The summed E-state index contributed by atoms with van der Waals surface area (Å²) in [5.74, 6) is 2.53. The highest BCUT2D eigenvalue weighted by Gasteiger charge is 2.06. The van der Waals surface area contributed by atoms with Gasteiger partial charge in [0.1, 0.15) is 17.5 Å². The molecule has 1 amide bonds. The van der Waals surface area contributed by atoms with Crippen molar-refractivity contribution in [2.45, 2.75) is 33.1 Å². The van der Waals surface area contributed by atoms with Crippen molar-refractivity contribution in [2.24, 2.45) is 0 Å². The molecule has 1 heterocycles. The average Bonchev–Trinajstić information content (AvgIpc) is 2.39. The molecule has 0 saturated heterocycles. The molecule has 0 aliphatic carbocycles.